The smallest absolute Gasteiger partial charge is 0.262 e. The van der Waals surface area contributed by atoms with Gasteiger partial charge >= 0.3 is 0 Å². The van der Waals surface area contributed by atoms with E-state index in [9.17, 15) is 4.79 Å². The Kier molecular flexibility index (Phi) is 4.80. The van der Waals surface area contributed by atoms with Crippen molar-refractivity contribution < 1.29 is 14.3 Å². The minimum absolute atomic E-state index is 0.0188. The Hall–Kier alpha value is -4.20. The second-order valence-corrected chi connectivity index (χ2v) is 6.92. The number of anilines is 3. The summed E-state index contributed by atoms with van der Waals surface area (Å²) in [6.45, 7) is 2.52. The van der Waals surface area contributed by atoms with Crippen molar-refractivity contribution in [1.82, 2.24) is 15.0 Å². The van der Waals surface area contributed by atoms with Gasteiger partial charge in [0.1, 0.15) is 17.3 Å². The fourth-order valence-electron chi connectivity index (χ4n) is 3.38. The first-order chi connectivity index (χ1) is 15.2. The van der Waals surface area contributed by atoms with E-state index in [0.717, 1.165) is 27.9 Å². The van der Waals surface area contributed by atoms with Crippen LogP contribution < -0.4 is 20.1 Å². The van der Waals surface area contributed by atoms with Crippen LogP contribution in [0.3, 0.4) is 0 Å². The molecule has 0 spiro atoms. The van der Waals surface area contributed by atoms with Crippen molar-refractivity contribution in [2.24, 2.45) is 0 Å². The van der Waals surface area contributed by atoms with E-state index in [4.69, 9.17) is 19.4 Å². The average Bonchev–Trinajstić information content (AvgIpc) is 2.80. The molecule has 0 bridgehead atoms. The first-order valence-electron chi connectivity index (χ1n) is 9.88. The lowest BCUT2D eigenvalue weighted by Gasteiger charge is -2.19. The maximum atomic E-state index is 11.7. The molecule has 1 amide bonds. The van der Waals surface area contributed by atoms with Crippen LogP contribution in [0.15, 0.2) is 60.9 Å². The SMILES string of the molecule is CCOc1ccc2nc(-c3cccnc3)nc(Nc3ccc4c(c3)NC(=O)CO4)c2c1. The van der Waals surface area contributed by atoms with Crippen molar-refractivity contribution in [3.8, 4) is 22.9 Å². The number of fused-ring (bicyclic) bond motifs is 2. The van der Waals surface area contributed by atoms with Crippen molar-refractivity contribution in [2.75, 3.05) is 23.8 Å². The largest absolute Gasteiger partial charge is 0.494 e. The molecule has 0 radical (unpaired) electrons. The third kappa shape index (κ3) is 3.83. The van der Waals surface area contributed by atoms with E-state index in [1.807, 2.05) is 55.5 Å². The molecule has 5 rings (SSSR count). The summed E-state index contributed by atoms with van der Waals surface area (Å²) in [5, 5.41) is 7.00. The molecule has 8 nitrogen and oxygen atoms in total. The molecule has 31 heavy (non-hydrogen) atoms. The Morgan fingerprint density at radius 2 is 2.10 bits per heavy atom. The number of nitrogens with one attached hydrogen (secondary N) is 2. The predicted molar refractivity (Wildman–Crippen MR) is 118 cm³/mol. The van der Waals surface area contributed by atoms with Crippen LogP contribution in [0, 0.1) is 0 Å². The number of rotatable bonds is 5. The van der Waals surface area contributed by atoms with Crippen LogP contribution in [0.25, 0.3) is 22.3 Å². The van der Waals surface area contributed by atoms with Gasteiger partial charge in [0.05, 0.1) is 17.8 Å². The minimum Gasteiger partial charge on any atom is -0.494 e. The molecule has 0 fully saturated rings. The topological polar surface area (TPSA) is 98.3 Å². The normalized spacial score (nSPS) is 12.6. The quantitative estimate of drug-likeness (QED) is 0.507. The lowest BCUT2D eigenvalue weighted by Crippen LogP contribution is -2.25. The molecular formula is C23H19N5O3. The molecule has 0 aliphatic carbocycles. The number of ether oxygens (including phenoxy) is 2. The molecule has 2 N–H and O–H groups in total. The summed E-state index contributed by atoms with van der Waals surface area (Å²) in [6, 6.07) is 15.0. The zero-order chi connectivity index (χ0) is 21.2. The first kappa shape index (κ1) is 18.8. The molecule has 154 valence electrons. The highest BCUT2D eigenvalue weighted by molar-refractivity contribution is 5.97. The second-order valence-electron chi connectivity index (χ2n) is 6.92. The van der Waals surface area contributed by atoms with Crippen LogP contribution in [0.2, 0.25) is 0 Å². The summed E-state index contributed by atoms with van der Waals surface area (Å²) >= 11 is 0. The maximum Gasteiger partial charge on any atom is 0.262 e. The zero-order valence-electron chi connectivity index (χ0n) is 16.8. The van der Waals surface area contributed by atoms with Gasteiger partial charge in [-0.2, -0.15) is 0 Å². The summed E-state index contributed by atoms with van der Waals surface area (Å²) in [4.78, 5) is 25.3. The zero-order valence-corrected chi connectivity index (χ0v) is 16.8. The van der Waals surface area contributed by atoms with Gasteiger partial charge in [-0.05, 0) is 55.5 Å². The molecule has 1 aliphatic rings. The standard InChI is InChI=1S/C23H19N5O3/c1-2-30-16-6-7-18-17(11-16)23(28-22(27-18)14-4-3-9-24-12-14)25-15-5-8-20-19(10-15)26-21(29)13-31-20/h3-12H,2,13H2,1H3,(H,26,29)(H,25,27,28). The fraction of sp³-hybridized carbons (Fsp3) is 0.130. The first-order valence-corrected chi connectivity index (χ1v) is 9.88. The molecule has 1 aliphatic heterocycles. The Balaban J connectivity index is 1.60. The number of carbonyl (C=O) groups is 1. The van der Waals surface area contributed by atoms with Gasteiger partial charge in [0.25, 0.3) is 5.91 Å². The van der Waals surface area contributed by atoms with Gasteiger partial charge in [-0.1, -0.05) is 0 Å². The molecule has 8 heteroatoms. The summed E-state index contributed by atoms with van der Waals surface area (Å²) in [5.74, 6) is 2.36. The number of hydrogen-bond acceptors (Lipinski definition) is 7. The molecule has 3 heterocycles. The van der Waals surface area contributed by atoms with E-state index in [1.54, 1.807) is 12.4 Å². The monoisotopic (exact) mass is 413 g/mol. The number of aromatic nitrogens is 3. The van der Waals surface area contributed by atoms with Crippen LogP contribution in [0.4, 0.5) is 17.2 Å². The van der Waals surface area contributed by atoms with E-state index in [0.29, 0.717) is 29.7 Å². The van der Waals surface area contributed by atoms with Gasteiger partial charge < -0.3 is 20.1 Å². The summed E-state index contributed by atoms with van der Waals surface area (Å²) < 4.78 is 11.1. The lowest BCUT2D eigenvalue weighted by molar-refractivity contribution is -0.118. The minimum atomic E-state index is -0.183. The Labute approximate surface area is 178 Å². The number of pyridine rings is 1. The highest BCUT2D eigenvalue weighted by Crippen LogP contribution is 2.34. The van der Waals surface area contributed by atoms with Gasteiger partial charge in [-0.15, -0.1) is 0 Å². The molecule has 0 unspecified atom stereocenters. The number of amides is 1. The summed E-state index contributed by atoms with van der Waals surface area (Å²) in [5.41, 5.74) is 2.95. The molecule has 2 aromatic heterocycles. The van der Waals surface area contributed by atoms with E-state index >= 15 is 0 Å². The maximum absolute atomic E-state index is 11.7. The van der Waals surface area contributed by atoms with E-state index in [1.165, 1.54) is 0 Å². The van der Waals surface area contributed by atoms with Crippen LogP contribution in [0.5, 0.6) is 11.5 Å². The Morgan fingerprint density at radius 1 is 1.16 bits per heavy atom. The highest BCUT2D eigenvalue weighted by Gasteiger charge is 2.17. The van der Waals surface area contributed by atoms with Gasteiger partial charge in [0.2, 0.25) is 0 Å². The van der Waals surface area contributed by atoms with E-state index in [-0.39, 0.29) is 12.5 Å². The van der Waals surface area contributed by atoms with Gasteiger partial charge in [0.15, 0.2) is 12.4 Å². The number of nitrogens with zero attached hydrogens (tertiary/aromatic N) is 3. The van der Waals surface area contributed by atoms with Crippen LogP contribution >= 0.6 is 0 Å². The molecule has 0 saturated heterocycles. The van der Waals surface area contributed by atoms with Gasteiger partial charge in [-0.3, -0.25) is 9.78 Å². The van der Waals surface area contributed by atoms with Crippen molar-refractivity contribution in [2.45, 2.75) is 6.92 Å². The molecule has 2 aromatic carbocycles. The van der Waals surface area contributed by atoms with E-state index in [2.05, 4.69) is 15.6 Å². The van der Waals surface area contributed by atoms with Crippen LogP contribution in [-0.2, 0) is 4.79 Å². The van der Waals surface area contributed by atoms with Gasteiger partial charge in [0, 0.05) is 29.0 Å². The Bertz CT molecular complexity index is 1280. The number of carbonyl (C=O) groups excluding carboxylic acids is 1. The van der Waals surface area contributed by atoms with Crippen molar-refractivity contribution in [3.05, 3.63) is 60.9 Å². The molecule has 4 aromatic rings. The van der Waals surface area contributed by atoms with Crippen molar-refractivity contribution in [3.63, 3.8) is 0 Å². The summed E-state index contributed by atoms with van der Waals surface area (Å²) in [6.07, 6.45) is 3.44. The highest BCUT2D eigenvalue weighted by atomic mass is 16.5. The number of hydrogen-bond donors (Lipinski definition) is 2. The fourth-order valence-corrected chi connectivity index (χ4v) is 3.38. The third-order valence-electron chi connectivity index (χ3n) is 4.77. The van der Waals surface area contributed by atoms with E-state index < -0.39 is 0 Å². The van der Waals surface area contributed by atoms with Crippen LogP contribution in [0.1, 0.15) is 6.92 Å². The third-order valence-corrected chi connectivity index (χ3v) is 4.77. The predicted octanol–water partition coefficient (Wildman–Crippen LogP) is 4.17. The lowest BCUT2D eigenvalue weighted by atomic mass is 10.2. The second kappa shape index (κ2) is 7.91. The average molecular weight is 413 g/mol. The molecular weight excluding hydrogens is 394 g/mol. The number of benzene rings is 2. The molecule has 0 atom stereocenters. The van der Waals surface area contributed by atoms with Crippen molar-refractivity contribution >= 4 is 34.0 Å². The van der Waals surface area contributed by atoms with Crippen LogP contribution in [-0.4, -0.2) is 34.1 Å². The molecule has 0 saturated carbocycles. The Morgan fingerprint density at radius 3 is 2.94 bits per heavy atom. The van der Waals surface area contributed by atoms with Crippen molar-refractivity contribution in [1.29, 1.82) is 0 Å². The summed E-state index contributed by atoms with van der Waals surface area (Å²) in [7, 11) is 0. The van der Waals surface area contributed by atoms with Gasteiger partial charge in [-0.25, -0.2) is 9.97 Å².